The maximum Gasteiger partial charge on any atom is 0.237 e. The van der Waals surface area contributed by atoms with Gasteiger partial charge in [-0.2, -0.15) is 0 Å². The standard InChI is InChI=1S/C18H28N2O/c1-18(2)10-8-15(9-11-18)13-20-17(21)16(19)12-14-6-4-3-5-7-14/h3-7,15-16H,8-13,19H2,1-2H3,(H,20,21)/t16-/m0/s1. The van der Waals surface area contributed by atoms with E-state index in [0.29, 0.717) is 17.8 Å². The number of nitrogens with one attached hydrogen (secondary N) is 1. The first-order valence-electron chi connectivity index (χ1n) is 8.03. The van der Waals surface area contributed by atoms with Gasteiger partial charge in [0.05, 0.1) is 6.04 Å². The molecule has 1 amide bonds. The first-order valence-corrected chi connectivity index (χ1v) is 8.03. The molecule has 1 aliphatic rings. The van der Waals surface area contributed by atoms with Gasteiger partial charge in [-0.25, -0.2) is 0 Å². The molecule has 0 heterocycles. The lowest BCUT2D eigenvalue weighted by Gasteiger charge is -2.34. The molecule has 21 heavy (non-hydrogen) atoms. The van der Waals surface area contributed by atoms with Crippen LogP contribution < -0.4 is 11.1 Å². The summed E-state index contributed by atoms with van der Waals surface area (Å²) >= 11 is 0. The van der Waals surface area contributed by atoms with Crippen molar-refractivity contribution in [3.05, 3.63) is 35.9 Å². The second-order valence-corrected chi connectivity index (χ2v) is 7.15. The number of amides is 1. The Morgan fingerprint density at radius 2 is 1.90 bits per heavy atom. The molecule has 1 aromatic rings. The van der Waals surface area contributed by atoms with Crippen LogP contribution in [-0.2, 0) is 11.2 Å². The molecule has 1 atom stereocenters. The minimum atomic E-state index is -0.451. The predicted octanol–water partition coefficient (Wildman–Crippen LogP) is 2.89. The highest BCUT2D eigenvalue weighted by Crippen LogP contribution is 2.37. The van der Waals surface area contributed by atoms with Gasteiger partial charge in [0.25, 0.3) is 0 Å². The summed E-state index contributed by atoms with van der Waals surface area (Å²) in [6.07, 6.45) is 5.53. The molecular formula is C18H28N2O. The fourth-order valence-corrected chi connectivity index (χ4v) is 3.00. The van der Waals surface area contributed by atoms with Crippen molar-refractivity contribution < 1.29 is 4.79 Å². The second kappa shape index (κ2) is 7.08. The van der Waals surface area contributed by atoms with Gasteiger partial charge in [-0.3, -0.25) is 4.79 Å². The topological polar surface area (TPSA) is 55.1 Å². The van der Waals surface area contributed by atoms with Crippen LogP contribution in [0.5, 0.6) is 0 Å². The van der Waals surface area contributed by atoms with Crippen molar-refractivity contribution in [2.24, 2.45) is 17.1 Å². The number of hydrogen-bond acceptors (Lipinski definition) is 2. The number of hydrogen-bond donors (Lipinski definition) is 2. The first-order chi connectivity index (χ1) is 9.96. The zero-order valence-electron chi connectivity index (χ0n) is 13.3. The summed E-state index contributed by atoms with van der Waals surface area (Å²) in [6.45, 7) is 5.44. The smallest absolute Gasteiger partial charge is 0.237 e. The molecule has 1 saturated carbocycles. The van der Waals surface area contributed by atoms with Crippen LogP contribution in [0.2, 0.25) is 0 Å². The molecule has 3 N–H and O–H groups in total. The quantitative estimate of drug-likeness (QED) is 0.875. The van der Waals surface area contributed by atoms with Crippen LogP contribution >= 0.6 is 0 Å². The van der Waals surface area contributed by atoms with E-state index in [0.717, 1.165) is 12.1 Å². The Hall–Kier alpha value is -1.35. The van der Waals surface area contributed by atoms with Gasteiger partial charge in [-0.15, -0.1) is 0 Å². The van der Waals surface area contributed by atoms with E-state index in [2.05, 4.69) is 19.2 Å². The molecule has 0 saturated heterocycles. The third kappa shape index (κ3) is 5.16. The second-order valence-electron chi connectivity index (χ2n) is 7.15. The summed E-state index contributed by atoms with van der Waals surface area (Å²) in [7, 11) is 0. The fourth-order valence-electron chi connectivity index (χ4n) is 3.00. The molecule has 0 spiro atoms. The van der Waals surface area contributed by atoms with Crippen molar-refractivity contribution in [3.63, 3.8) is 0 Å². The van der Waals surface area contributed by atoms with Crippen LogP contribution in [0.1, 0.15) is 45.1 Å². The van der Waals surface area contributed by atoms with Crippen molar-refractivity contribution in [2.45, 2.75) is 52.0 Å². The molecule has 0 aliphatic heterocycles. The lowest BCUT2D eigenvalue weighted by Crippen LogP contribution is -2.44. The van der Waals surface area contributed by atoms with Gasteiger partial charge < -0.3 is 11.1 Å². The zero-order chi connectivity index (χ0) is 15.3. The highest BCUT2D eigenvalue weighted by molar-refractivity contribution is 5.81. The van der Waals surface area contributed by atoms with E-state index in [1.807, 2.05) is 30.3 Å². The molecule has 1 aliphatic carbocycles. The summed E-state index contributed by atoms with van der Waals surface area (Å²) in [4.78, 5) is 12.1. The monoisotopic (exact) mass is 288 g/mol. The number of nitrogens with two attached hydrogens (primary N) is 1. The lowest BCUT2D eigenvalue weighted by molar-refractivity contribution is -0.122. The van der Waals surface area contributed by atoms with Crippen molar-refractivity contribution in [3.8, 4) is 0 Å². The summed E-state index contributed by atoms with van der Waals surface area (Å²) in [5.41, 5.74) is 7.58. The third-order valence-electron chi connectivity index (χ3n) is 4.66. The highest BCUT2D eigenvalue weighted by atomic mass is 16.2. The molecule has 1 fully saturated rings. The van der Waals surface area contributed by atoms with Gasteiger partial charge in [0.2, 0.25) is 5.91 Å². The van der Waals surface area contributed by atoms with E-state index in [4.69, 9.17) is 5.73 Å². The van der Waals surface area contributed by atoms with E-state index in [-0.39, 0.29) is 5.91 Å². The van der Waals surface area contributed by atoms with Gasteiger partial charge in [0.1, 0.15) is 0 Å². The highest BCUT2D eigenvalue weighted by Gasteiger charge is 2.27. The van der Waals surface area contributed by atoms with Crippen molar-refractivity contribution in [1.82, 2.24) is 5.32 Å². The maximum absolute atomic E-state index is 12.1. The Labute approximate surface area is 128 Å². The molecular weight excluding hydrogens is 260 g/mol. The van der Waals surface area contributed by atoms with E-state index < -0.39 is 6.04 Å². The van der Waals surface area contributed by atoms with E-state index >= 15 is 0 Å². The van der Waals surface area contributed by atoms with Gasteiger partial charge >= 0.3 is 0 Å². The van der Waals surface area contributed by atoms with Crippen LogP contribution in [0.4, 0.5) is 0 Å². The number of benzene rings is 1. The van der Waals surface area contributed by atoms with E-state index in [9.17, 15) is 4.79 Å². The Bertz CT molecular complexity index is 446. The molecule has 0 radical (unpaired) electrons. The van der Waals surface area contributed by atoms with Crippen LogP contribution in [0.25, 0.3) is 0 Å². The molecule has 3 nitrogen and oxygen atoms in total. The van der Waals surface area contributed by atoms with Crippen molar-refractivity contribution in [1.29, 1.82) is 0 Å². The minimum Gasteiger partial charge on any atom is -0.354 e. The Kier molecular flexibility index (Phi) is 5.40. The van der Waals surface area contributed by atoms with Gasteiger partial charge in [-0.1, -0.05) is 44.2 Å². The minimum absolute atomic E-state index is 0.0244. The molecule has 0 bridgehead atoms. The molecule has 1 aromatic carbocycles. The van der Waals surface area contributed by atoms with Crippen molar-refractivity contribution >= 4 is 5.91 Å². The van der Waals surface area contributed by atoms with Crippen LogP contribution in [-0.4, -0.2) is 18.5 Å². The van der Waals surface area contributed by atoms with E-state index in [1.54, 1.807) is 0 Å². The van der Waals surface area contributed by atoms with Crippen LogP contribution in [0.15, 0.2) is 30.3 Å². The summed E-state index contributed by atoms with van der Waals surface area (Å²) < 4.78 is 0. The Morgan fingerprint density at radius 1 is 1.29 bits per heavy atom. The zero-order valence-corrected chi connectivity index (χ0v) is 13.3. The predicted molar refractivity (Wildman–Crippen MR) is 86.9 cm³/mol. The van der Waals surface area contributed by atoms with Gasteiger partial charge in [0, 0.05) is 6.54 Å². The Balaban J connectivity index is 1.72. The number of rotatable bonds is 5. The molecule has 116 valence electrons. The Morgan fingerprint density at radius 3 is 2.52 bits per heavy atom. The SMILES string of the molecule is CC1(C)CCC(CNC(=O)[C@@H](N)Cc2ccccc2)CC1. The fraction of sp³-hybridized carbons (Fsp3) is 0.611. The molecule has 0 unspecified atom stereocenters. The maximum atomic E-state index is 12.1. The van der Waals surface area contributed by atoms with Gasteiger partial charge in [0.15, 0.2) is 0 Å². The van der Waals surface area contributed by atoms with Crippen LogP contribution in [0.3, 0.4) is 0 Å². The average Bonchev–Trinajstić information content (AvgIpc) is 2.47. The average molecular weight is 288 g/mol. The third-order valence-corrected chi connectivity index (χ3v) is 4.66. The normalized spacial score (nSPS) is 20.0. The van der Waals surface area contributed by atoms with Crippen LogP contribution in [0, 0.1) is 11.3 Å². The number of carbonyl (C=O) groups is 1. The lowest BCUT2D eigenvalue weighted by atomic mass is 9.73. The summed E-state index contributed by atoms with van der Waals surface area (Å²) in [5, 5.41) is 3.04. The number of carbonyl (C=O) groups excluding carboxylic acids is 1. The molecule has 0 aromatic heterocycles. The molecule has 2 rings (SSSR count). The molecule has 3 heteroatoms. The van der Waals surface area contributed by atoms with Crippen molar-refractivity contribution in [2.75, 3.05) is 6.54 Å². The summed E-state index contributed by atoms with van der Waals surface area (Å²) in [5.74, 6) is 0.592. The first kappa shape index (κ1) is 16.0. The van der Waals surface area contributed by atoms with E-state index in [1.165, 1.54) is 25.7 Å². The largest absolute Gasteiger partial charge is 0.354 e. The summed E-state index contributed by atoms with van der Waals surface area (Å²) in [6, 6.07) is 9.49. The van der Waals surface area contributed by atoms with Gasteiger partial charge in [-0.05, 0) is 49.0 Å².